The second kappa shape index (κ2) is 7.42. The van der Waals surface area contributed by atoms with Crippen molar-refractivity contribution in [3.63, 3.8) is 0 Å². The Morgan fingerprint density at radius 2 is 2.00 bits per heavy atom. The first-order valence-corrected chi connectivity index (χ1v) is 8.25. The summed E-state index contributed by atoms with van der Waals surface area (Å²) in [5.41, 5.74) is 0.890. The highest BCUT2D eigenvalue weighted by Crippen LogP contribution is 2.32. The largest absolute Gasteiger partial charge is 0.454 e. The van der Waals surface area contributed by atoms with E-state index in [1.165, 1.54) is 0 Å². The number of benzene rings is 1. The molecule has 0 radical (unpaired) electrons. The number of carbonyl (C=O) groups excluding carboxylic acids is 2. The molecule has 2 aliphatic heterocycles. The maximum Gasteiger partial charge on any atom is 0.409 e. The number of rotatable bonds is 4. The number of ether oxygens (including phenoxy) is 3. The highest BCUT2D eigenvalue weighted by Gasteiger charge is 2.24. The number of hydrogen-bond acceptors (Lipinski definition) is 5. The Bertz CT molecular complexity index is 611. The van der Waals surface area contributed by atoms with E-state index in [2.05, 4.69) is 5.32 Å². The molecule has 2 amide bonds. The first kappa shape index (κ1) is 16.4. The highest BCUT2D eigenvalue weighted by atomic mass is 16.7. The lowest BCUT2D eigenvalue weighted by Crippen LogP contribution is -2.47. The Morgan fingerprint density at radius 1 is 1.25 bits per heavy atom. The molecule has 24 heavy (non-hydrogen) atoms. The molecule has 7 nitrogen and oxygen atoms in total. The number of hydrogen-bond donors (Lipinski definition) is 1. The standard InChI is InChI=1S/C17H22N2O5/c1-2-22-17(21)19-7-5-13(6-8-19)18-16(20)10-12-3-4-14-15(9-12)24-11-23-14/h3-4,9,13H,2,5-8,10-11H2,1H3,(H,18,20). The molecule has 7 heteroatoms. The molecule has 2 heterocycles. The third-order valence-electron chi connectivity index (χ3n) is 4.19. The van der Waals surface area contributed by atoms with Gasteiger partial charge in [0.2, 0.25) is 12.7 Å². The van der Waals surface area contributed by atoms with Gasteiger partial charge in [-0.2, -0.15) is 0 Å². The molecule has 1 N–H and O–H groups in total. The maximum atomic E-state index is 12.2. The van der Waals surface area contributed by atoms with Gasteiger partial charge in [0, 0.05) is 19.1 Å². The zero-order valence-electron chi connectivity index (χ0n) is 13.7. The van der Waals surface area contributed by atoms with Crippen LogP contribution in [0.2, 0.25) is 0 Å². The fourth-order valence-electron chi connectivity index (χ4n) is 2.94. The van der Waals surface area contributed by atoms with E-state index in [9.17, 15) is 9.59 Å². The van der Waals surface area contributed by atoms with Crippen LogP contribution >= 0.6 is 0 Å². The lowest BCUT2D eigenvalue weighted by atomic mass is 10.0. The van der Waals surface area contributed by atoms with E-state index >= 15 is 0 Å². The third-order valence-corrected chi connectivity index (χ3v) is 4.19. The zero-order valence-corrected chi connectivity index (χ0v) is 13.7. The van der Waals surface area contributed by atoms with Crippen molar-refractivity contribution in [2.45, 2.75) is 32.2 Å². The van der Waals surface area contributed by atoms with Crippen LogP contribution in [-0.2, 0) is 16.0 Å². The number of fused-ring (bicyclic) bond motifs is 1. The first-order valence-electron chi connectivity index (χ1n) is 8.25. The quantitative estimate of drug-likeness (QED) is 0.907. The van der Waals surface area contributed by atoms with Crippen molar-refractivity contribution in [3.05, 3.63) is 23.8 Å². The number of likely N-dealkylation sites (tertiary alicyclic amines) is 1. The minimum absolute atomic E-state index is 0.0246. The number of nitrogens with one attached hydrogen (secondary N) is 1. The molecule has 1 aromatic carbocycles. The van der Waals surface area contributed by atoms with Crippen molar-refractivity contribution in [2.75, 3.05) is 26.5 Å². The van der Waals surface area contributed by atoms with Gasteiger partial charge < -0.3 is 24.4 Å². The molecule has 0 bridgehead atoms. The van der Waals surface area contributed by atoms with Crippen molar-refractivity contribution in [1.29, 1.82) is 0 Å². The van der Waals surface area contributed by atoms with Gasteiger partial charge in [-0.05, 0) is 37.5 Å². The van der Waals surface area contributed by atoms with Crippen LogP contribution in [0, 0.1) is 0 Å². The average molecular weight is 334 g/mol. The molecule has 0 atom stereocenters. The van der Waals surface area contributed by atoms with Gasteiger partial charge >= 0.3 is 6.09 Å². The lowest BCUT2D eigenvalue weighted by molar-refractivity contribution is -0.121. The van der Waals surface area contributed by atoms with E-state index in [1.807, 2.05) is 18.2 Å². The average Bonchev–Trinajstić information content (AvgIpc) is 3.03. The summed E-state index contributed by atoms with van der Waals surface area (Å²) in [6, 6.07) is 5.63. The fraction of sp³-hybridized carbons (Fsp3) is 0.529. The highest BCUT2D eigenvalue weighted by molar-refractivity contribution is 5.79. The lowest BCUT2D eigenvalue weighted by Gasteiger charge is -2.31. The molecule has 1 fully saturated rings. The molecule has 130 valence electrons. The van der Waals surface area contributed by atoms with E-state index in [0.717, 1.165) is 18.4 Å². The topological polar surface area (TPSA) is 77.1 Å². The van der Waals surface area contributed by atoms with Gasteiger partial charge in [-0.1, -0.05) is 6.07 Å². The number of piperidine rings is 1. The predicted octanol–water partition coefficient (Wildman–Crippen LogP) is 1.69. The smallest absolute Gasteiger partial charge is 0.409 e. The van der Waals surface area contributed by atoms with Crippen LogP contribution in [-0.4, -0.2) is 49.4 Å². The summed E-state index contributed by atoms with van der Waals surface area (Å²) in [7, 11) is 0. The van der Waals surface area contributed by atoms with Crippen molar-refractivity contribution >= 4 is 12.0 Å². The molecule has 1 saturated heterocycles. The van der Waals surface area contributed by atoms with Crippen LogP contribution in [0.3, 0.4) is 0 Å². The van der Waals surface area contributed by atoms with Gasteiger partial charge in [0.05, 0.1) is 13.0 Å². The molecule has 2 aliphatic rings. The van der Waals surface area contributed by atoms with Crippen LogP contribution in [0.15, 0.2) is 18.2 Å². The Morgan fingerprint density at radius 3 is 2.75 bits per heavy atom. The van der Waals surface area contributed by atoms with Crippen molar-refractivity contribution in [3.8, 4) is 11.5 Å². The van der Waals surface area contributed by atoms with Crippen molar-refractivity contribution < 1.29 is 23.8 Å². The van der Waals surface area contributed by atoms with Crippen molar-refractivity contribution in [1.82, 2.24) is 10.2 Å². The zero-order chi connectivity index (χ0) is 16.9. The number of amides is 2. The predicted molar refractivity (Wildman–Crippen MR) is 86.0 cm³/mol. The Kier molecular flexibility index (Phi) is 5.08. The SMILES string of the molecule is CCOC(=O)N1CCC(NC(=O)Cc2ccc3c(c2)OCO3)CC1. The van der Waals surface area contributed by atoms with Gasteiger partial charge in [-0.25, -0.2) is 4.79 Å². The molecular weight excluding hydrogens is 312 g/mol. The molecule has 0 aromatic heterocycles. The molecule has 1 aromatic rings. The van der Waals surface area contributed by atoms with Gasteiger partial charge in [-0.15, -0.1) is 0 Å². The fourth-order valence-corrected chi connectivity index (χ4v) is 2.94. The van der Waals surface area contributed by atoms with Gasteiger partial charge in [0.1, 0.15) is 0 Å². The molecule has 0 spiro atoms. The Hall–Kier alpha value is -2.44. The van der Waals surface area contributed by atoms with Crippen LogP contribution in [0.5, 0.6) is 11.5 Å². The molecular formula is C17H22N2O5. The summed E-state index contributed by atoms with van der Waals surface area (Å²) in [6.45, 7) is 3.61. The summed E-state index contributed by atoms with van der Waals surface area (Å²) >= 11 is 0. The Balaban J connectivity index is 1.45. The van der Waals surface area contributed by atoms with Crippen molar-refractivity contribution in [2.24, 2.45) is 0 Å². The molecule has 0 unspecified atom stereocenters. The second-order valence-corrected chi connectivity index (χ2v) is 5.89. The summed E-state index contributed by atoms with van der Waals surface area (Å²) < 4.78 is 15.6. The Labute approximate surface area is 140 Å². The van der Waals surface area contributed by atoms with E-state index in [1.54, 1.807) is 11.8 Å². The summed E-state index contributed by atoms with van der Waals surface area (Å²) in [6.07, 6.45) is 1.51. The number of carbonyl (C=O) groups is 2. The monoisotopic (exact) mass is 334 g/mol. The van der Waals surface area contributed by atoms with Crippen LogP contribution in [0.1, 0.15) is 25.3 Å². The van der Waals surface area contributed by atoms with E-state index in [4.69, 9.17) is 14.2 Å². The minimum atomic E-state index is -0.275. The minimum Gasteiger partial charge on any atom is -0.454 e. The second-order valence-electron chi connectivity index (χ2n) is 5.89. The first-order chi connectivity index (χ1) is 11.7. The van der Waals surface area contributed by atoms with E-state index < -0.39 is 0 Å². The summed E-state index contributed by atoms with van der Waals surface area (Å²) in [4.78, 5) is 25.6. The number of nitrogens with zero attached hydrogens (tertiary/aromatic N) is 1. The van der Waals surface area contributed by atoms with Crippen LogP contribution in [0.25, 0.3) is 0 Å². The molecule has 0 saturated carbocycles. The van der Waals surface area contributed by atoms with Gasteiger partial charge in [-0.3, -0.25) is 4.79 Å². The maximum absolute atomic E-state index is 12.2. The van der Waals surface area contributed by atoms with E-state index in [0.29, 0.717) is 37.6 Å². The molecule has 0 aliphatic carbocycles. The van der Waals surface area contributed by atoms with Gasteiger partial charge in [0.15, 0.2) is 11.5 Å². The van der Waals surface area contributed by atoms with Gasteiger partial charge in [0.25, 0.3) is 0 Å². The summed E-state index contributed by atoms with van der Waals surface area (Å²) in [5, 5.41) is 3.04. The summed E-state index contributed by atoms with van der Waals surface area (Å²) in [5.74, 6) is 1.37. The van der Waals surface area contributed by atoms with Crippen LogP contribution < -0.4 is 14.8 Å². The normalized spacial score (nSPS) is 16.8. The van der Waals surface area contributed by atoms with E-state index in [-0.39, 0.29) is 24.8 Å². The molecule has 3 rings (SSSR count). The third kappa shape index (κ3) is 3.90. The van der Waals surface area contributed by atoms with Crippen LogP contribution in [0.4, 0.5) is 4.79 Å².